The van der Waals surface area contributed by atoms with E-state index in [0.29, 0.717) is 19.0 Å². The molecule has 0 aliphatic heterocycles. The molecule has 1 fully saturated rings. The van der Waals surface area contributed by atoms with Gasteiger partial charge in [-0.3, -0.25) is 0 Å². The molecule has 0 aromatic heterocycles. The molecule has 2 rings (SSSR count). The van der Waals surface area contributed by atoms with Crippen molar-refractivity contribution in [2.24, 2.45) is 11.7 Å². The number of hydrogen-bond donors (Lipinski definition) is 2. The van der Waals surface area contributed by atoms with Gasteiger partial charge in [0.2, 0.25) is 10.0 Å². The van der Waals surface area contributed by atoms with Gasteiger partial charge in [-0.1, -0.05) is 6.42 Å². The molecule has 1 aromatic rings. The van der Waals surface area contributed by atoms with Gasteiger partial charge in [-0.25, -0.2) is 21.9 Å². The number of nitrogens with two attached hydrogens (primary N) is 1. The van der Waals surface area contributed by atoms with Crippen LogP contribution in [-0.2, 0) is 10.0 Å². The average molecular weight is 290 g/mol. The molecule has 1 aromatic carbocycles. The molecule has 0 amide bonds. The Kier molecular flexibility index (Phi) is 4.17. The standard InChI is InChI=1S/C12H16F2N2O2S/c13-9-4-5-12(10(14)6-9)19(17,18)16-11-3-1-2-8(11)7-15/h4-6,8,11,16H,1-3,7,15H2. The van der Waals surface area contributed by atoms with Crippen LogP contribution in [0.25, 0.3) is 0 Å². The van der Waals surface area contributed by atoms with Crippen LogP contribution >= 0.6 is 0 Å². The first kappa shape index (κ1) is 14.4. The van der Waals surface area contributed by atoms with Crippen LogP contribution in [0, 0.1) is 17.6 Å². The second kappa shape index (κ2) is 5.52. The molecule has 1 saturated carbocycles. The fourth-order valence-electron chi connectivity index (χ4n) is 2.43. The molecule has 0 radical (unpaired) electrons. The van der Waals surface area contributed by atoms with Gasteiger partial charge in [0.1, 0.15) is 16.5 Å². The lowest BCUT2D eigenvalue weighted by Gasteiger charge is -2.19. The maximum Gasteiger partial charge on any atom is 0.243 e. The average Bonchev–Trinajstić information content (AvgIpc) is 2.74. The predicted molar refractivity (Wildman–Crippen MR) is 66.9 cm³/mol. The fraction of sp³-hybridized carbons (Fsp3) is 0.500. The van der Waals surface area contributed by atoms with Crippen LogP contribution in [0.5, 0.6) is 0 Å². The van der Waals surface area contributed by atoms with Crippen molar-refractivity contribution >= 4 is 10.0 Å². The Morgan fingerprint density at radius 1 is 1.32 bits per heavy atom. The molecule has 7 heteroatoms. The van der Waals surface area contributed by atoms with Gasteiger partial charge in [-0.2, -0.15) is 0 Å². The van der Waals surface area contributed by atoms with E-state index in [1.165, 1.54) is 0 Å². The van der Waals surface area contributed by atoms with Gasteiger partial charge in [-0.15, -0.1) is 0 Å². The summed E-state index contributed by atoms with van der Waals surface area (Å²) in [5.74, 6) is -1.83. The van der Waals surface area contributed by atoms with E-state index in [1.54, 1.807) is 0 Å². The topological polar surface area (TPSA) is 72.2 Å². The Hall–Kier alpha value is -1.05. The van der Waals surface area contributed by atoms with Crippen LogP contribution in [0.2, 0.25) is 0 Å². The SMILES string of the molecule is NCC1CCCC1NS(=O)(=O)c1ccc(F)cc1F. The summed E-state index contributed by atoms with van der Waals surface area (Å²) in [5, 5.41) is 0. The number of rotatable bonds is 4. The Morgan fingerprint density at radius 2 is 2.05 bits per heavy atom. The zero-order valence-electron chi connectivity index (χ0n) is 10.3. The quantitative estimate of drug-likeness (QED) is 0.879. The van der Waals surface area contributed by atoms with Gasteiger partial charge in [0.15, 0.2) is 0 Å². The second-order valence-electron chi connectivity index (χ2n) is 4.73. The van der Waals surface area contributed by atoms with Crippen molar-refractivity contribution in [3.8, 4) is 0 Å². The molecule has 0 bridgehead atoms. The summed E-state index contributed by atoms with van der Waals surface area (Å²) in [6.45, 7) is 0.388. The van der Waals surface area contributed by atoms with Crippen molar-refractivity contribution in [1.82, 2.24) is 4.72 Å². The van der Waals surface area contributed by atoms with Crippen molar-refractivity contribution in [2.45, 2.75) is 30.2 Å². The molecule has 2 unspecified atom stereocenters. The van der Waals surface area contributed by atoms with Gasteiger partial charge < -0.3 is 5.73 Å². The van der Waals surface area contributed by atoms with Crippen molar-refractivity contribution < 1.29 is 17.2 Å². The normalized spacial score (nSPS) is 23.7. The zero-order chi connectivity index (χ0) is 14.0. The Labute approximate surface area is 111 Å². The molecule has 106 valence electrons. The van der Waals surface area contributed by atoms with E-state index < -0.39 is 26.6 Å². The smallest absolute Gasteiger partial charge is 0.243 e. The van der Waals surface area contributed by atoms with E-state index in [0.717, 1.165) is 25.0 Å². The molecule has 2 atom stereocenters. The first-order valence-corrected chi connectivity index (χ1v) is 7.60. The highest BCUT2D eigenvalue weighted by Crippen LogP contribution is 2.26. The monoisotopic (exact) mass is 290 g/mol. The lowest BCUT2D eigenvalue weighted by Crippen LogP contribution is -2.40. The van der Waals surface area contributed by atoms with Crippen LogP contribution in [0.15, 0.2) is 23.1 Å². The lowest BCUT2D eigenvalue weighted by molar-refractivity contribution is 0.450. The third-order valence-electron chi connectivity index (χ3n) is 3.45. The molecule has 0 saturated heterocycles. The summed E-state index contributed by atoms with van der Waals surface area (Å²) in [4.78, 5) is -0.531. The largest absolute Gasteiger partial charge is 0.330 e. The fourth-order valence-corrected chi connectivity index (χ4v) is 3.83. The molecule has 3 N–H and O–H groups in total. The van der Waals surface area contributed by atoms with Gasteiger partial charge in [0.05, 0.1) is 0 Å². The first-order valence-electron chi connectivity index (χ1n) is 6.11. The minimum atomic E-state index is -3.98. The third kappa shape index (κ3) is 3.10. The van der Waals surface area contributed by atoms with Crippen molar-refractivity contribution in [2.75, 3.05) is 6.54 Å². The van der Waals surface area contributed by atoms with E-state index in [2.05, 4.69) is 4.72 Å². The highest BCUT2D eigenvalue weighted by Gasteiger charge is 2.31. The number of halogens is 2. The molecular formula is C12H16F2N2O2S. The first-order chi connectivity index (χ1) is 8.94. The molecule has 0 spiro atoms. The molecular weight excluding hydrogens is 274 g/mol. The summed E-state index contributed by atoms with van der Waals surface area (Å²) in [6.07, 6.45) is 2.43. The second-order valence-corrected chi connectivity index (χ2v) is 6.41. The molecule has 0 heterocycles. The molecule has 1 aliphatic rings. The molecule has 1 aliphatic carbocycles. The summed E-state index contributed by atoms with van der Waals surface area (Å²) in [7, 11) is -3.98. The van der Waals surface area contributed by atoms with Crippen LogP contribution in [0.4, 0.5) is 8.78 Å². The van der Waals surface area contributed by atoms with E-state index >= 15 is 0 Å². The van der Waals surface area contributed by atoms with Gasteiger partial charge in [0, 0.05) is 12.1 Å². The minimum Gasteiger partial charge on any atom is -0.330 e. The number of sulfonamides is 1. The van der Waals surface area contributed by atoms with Crippen molar-refractivity contribution in [3.05, 3.63) is 29.8 Å². The van der Waals surface area contributed by atoms with Crippen LogP contribution < -0.4 is 10.5 Å². The summed E-state index contributed by atoms with van der Waals surface area (Å²) >= 11 is 0. The van der Waals surface area contributed by atoms with Gasteiger partial charge >= 0.3 is 0 Å². The lowest BCUT2D eigenvalue weighted by atomic mass is 10.1. The van der Waals surface area contributed by atoms with Crippen LogP contribution in [-0.4, -0.2) is 21.0 Å². The third-order valence-corrected chi connectivity index (χ3v) is 4.97. The summed E-state index contributed by atoms with van der Waals surface area (Å²) in [5.41, 5.74) is 5.57. The maximum atomic E-state index is 13.5. The van der Waals surface area contributed by atoms with E-state index in [9.17, 15) is 17.2 Å². The maximum absolute atomic E-state index is 13.5. The molecule has 4 nitrogen and oxygen atoms in total. The predicted octanol–water partition coefficient (Wildman–Crippen LogP) is 1.37. The van der Waals surface area contributed by atoms with Gasteiger partial charge in [-0.05, 0) is 37.4 Å². The van der Waals surface area contributed by atoms with E-state index in [1.807, 2.05) is 0 Å². The van der Waals surface area contributed by atoms with Gasteiger partial charge in [0.25, 0.3) is 0 Å². The van der Waals surface area contributed by atoms with E-state index in [4.69, 9.17) is 5.73 Å². The Morgan fingerprint density at radius 3 is 2.68 bits per heavy atom. The van der Waals surface area contributed by atoms with Crippen LogP contribution in [0.3, 0.4) is 0 Å². The number of benzene rings is 1. The Balaban J connectivity index is 2.23. The summed E-state index contributed by atoms with van der Waals surface area (Å²) in [6, 6.07) is 2.13. The van der Waals surface area contributed by atoms with E-state index in [-0.39, 0.29) is 12.0 Å². The highest BCUT2D eigenvalue weighted by molar-refractivity contribution is 7.89. The van der Waals surface area contributed by atoms with Crippen molar-refractivity contribution in [1.29, 1.82) is 0 Å². The Bertz CT molecular complexity index is 563. The minimum absolute atomic E-state index is 0.0679. The summed E-state index contributed by atoms with van der Waals surface area (Å²) < 4.78 is 52.9. The number of hydrogen-bond acceptors (Lipinski definition) is 3. The highest BCUT2D eigenvalue weighted by atomic mass is 32.2. The number of nitrogens with one attached hydrogen (secondary N) is 1. The van der Waals surface area contributed by atoms with Crippen molar-refractivity contribution in [3.63, 3.8) is 0 Å². The van der Waals surface area contributed by atoms with Crippen LogP contribution in [0.1, 0.15) is 19.3 Å². The molecule has 19 heavy (non-hydrogen) atoms. The zero-order valence-corrected chi connectivity index (χ0v) is 11.1.